The number of halogens is 2. The lowest BCUT2D eigenvalue weighted by molar-refractivity contribution is 0.102. The van der Waals surface area contributed by atoms with Crippen molar-refractivity contribution in [1.82, 2.24) is 14.5 Å². The number of piperidine rings is 1. The van der Waals surface area contributed by atoms with E-state index in [9.17, 15) is 22.0 Å². The van der Waals surface area contributed by atoms with Crippen molar-refractivity contribution >= 4 is 33.0 Å². The molecule has 2 heterocycles. The maximum absolute atomic E-state index is 14.1. The van der Waals surface area contributed by atoms with E-state index in [1.165, 1.54) is 40.7 Å². The van der Waals surface area contributed by atoms with Gasteiger partial charge < -0.3 is 5.32 Å². The van der Waals surface area contributed by atoms with Gasteiger partial charge in [0.1, 0.15) is 21.5 Å². The maximum Gasteiger partial charge on any atom is 0.286 e. The Morgan fingerprint density at radius 1 is 1.13 bits per heavy atom. The molecule has 1 aliphatic rings. The van der Waals surface area contributed by atoms with Crippen molar-refractivity contribution in [2.75, 3.05) is 18.4 Å². The summed E-state index contributed by atoms with van der Waals surface area (Å²) in [6.07, 6.45) is 1.24. The van der Waals surface area contributed by atoms with Gasteiger partial charge >= 0.3 is 0 Å². The Morgan fingerprint density at radius 2 is 1.94 bits per heavy atom. The van der Waals surface area contributed by atoms with Gasteiger partial charge in [0, 0.05) is 24.7 Å². The van der Waals surface area contributed by atoms with Crippen LogP contribution in [-0.4, -0.2) is 41.9 Å². The average molecular weight is 465 g/mol. The predicted molar refractivity (Wildman–Crippen MR) is 111 cm³/mol. The molecule has 1 N–H and O–H groups in total. The maximum atomic E-state index is 14.1. The van der Waals surface area contributed by atoms with E-state index in [4.69, 9.17) is 0 Å². The van der Waals surface area contributed by atoms with E-state index in [2.05, 4.69) is 15.5 Å². The van der Waals surface area contributed by atoms with Gasteiger partial charge in [0.05, 0.1) is 0 Å². The lowest BCUT2D eigenvalue weighted by Crippen LogP contribution is -2.39. The zero-order valence-electron chi connectivity index (χ0n) is 16.2. The lowest BCUT2D eigenvalue weighted by atomic mass is 10.0. The molecule has 1 atom stereocenters. The number of rotatable bonds is 5. The minimum absolute atomic E-state index is 0.0911. The number of hydrogen-bond donors (Lipinski definition) is 1. The number of carbonyl (C=O) groups is 1. The highest BCUT2D eigenvalue weighted by Crippen LogP contribution is 2.32. The topological polar surface area (TPSA) is 92.3 Å². The monoisotopic (exact) mass is 464 g/mol. The summed E-state index contributed by atoms with van der Waals surface area (Å²) < 4.78 is 54.4. The van der Waals surface area contributed by atoms with Crippen LogP contribution in [0.4, 0.5) is 14.5 Å². The molecular weight excluding hydrogens is 446 g/mol. The van der Waals surface area contributed by atoms with E-state index in [1.807, 2.05) is 0 Å². The number of anilines is 1. The summed E-state index contributed by atoms with van der Waals surface area (Å²) in [5.41, 5.74) is 0.293. The lowest BCUT2D eigenvalue weighted by Gasteiger charge is -2.30. The molecule has 1 aliphatic heterocycles. The van der Waals surface area contributed by atoms with E-state index in [1.54, 1.807) is 6.07 Å². The van der Waals surface area contributed by atoms with Gasteiger partial charge in [-0.1, -0.05) is 29.5 Å². The molecule has 1 amide bonds. The van der Waals surface area contributed by atoms with Crippen molar-refractivity contribution in [2.24, 2.45) is 0 Å². The molecule has 11 heteroatoms. The smallest absolute Gasteiger partial charge is 0.286 e. The summed E-state index contributed by atoms with van der Waals surface area (Å²) in [5.74, 6) is -2.06. The largest absolute Gasteiger partial charge is 0.320 e. The van der Waals surface area contributed by atoms with Crippen LogP contribution in [0.25, 0.3) is 0 Å². The Bertz CT molecular complexity index is 1220. The second kappa shape index (κ2) is 8.77. The number of sulfonamides is 1. The number of aromatic nitrogens is 2. The summed E-state index contributed by atoms with van der Waals surface area (Å²) in [4.78, 5) is 12.0. The van der Waals surface area contributed by atoms with Crippen LogP contribution < -0.4 is 5.32 Å². The van der Waals surface area contributed by atoms with Gasteiger partial charge in [-0.3, -0.25) is 4.79 Å². The van der Waals surface area contributed by atoms with Crippen LogP contribution in [0.2, 0.25) is 0 Å². The Morgan fingerprint density at radius 3 is 2.71 bits per heavy atom. The third-order valence-corrected chi connectivity index (χ3v) is 7.89. The summed E-state index contributed by atoms with van der Waals surface area (Å²) in [5, 5.41) is 11.1. The quantitative estimate of drug-likeness (QED) is 0.623. The molecule has 3 aromatic rings. The van der Waals surface area contributed by atoms with E-state index in [-0.39, 0.29) is 28.9 Å². The molecule has 7 nitrogen and oxygen atoms in total. The SMILES string of the molecule is O=C(Nc1cccc(F)c1)c1nnc(C2CCCN(S(=O)(=O)c3ccccc3F)C2)s1. The molecule has 1 aromatic heterocycles. The first-order valence-corrected chi connectivity index (χ1v) is 11.8. The van der Waals surface area contributed by atoms with E-state index in [0.717, 1.165) is 17.4 Å². The summed E-state index contributed by atoms with van der Waals surface area (Å²) in [6, 6.07) is 10.8. The van der Waals surface area contributed by atoms with Crippen molar-refractivity contribution in [1.29, 1.82) is 0 Å². The second-order valence-corrected chi connectivity index (χ2v) is 9.96. The molecule has 0 bridgehead atoms. The molecule has 0 aliphatic carbocycles. The molecule has 1 fully saturated rings. The van der Waals surface area contributed by atoms with Crippen molar-refractivity contribution in [2.45, 2.75) is 23.7 Å². The van der Waals surface area contributed by atoms with Gasteiger partial charge in [-0.05, 0) is 43.2 Å². The first-order valence-electron chi connectivity index (χ1n) is 9.49. The molecule has 0 radical (unpaired) electrons. The van der Waals surface area contributed by atoms with Crippen LogP contribution in [-0.2, 0) is 10.0 Å². The molecule has 0 saturated carbocycles. The average Bonchev–Trinajstić information content (AvgIpc) is 3.25. The van der Waals surface area contributed by atoms with Gasteiger partial charge in [-0.25, -0.2) is 17.2 Å². The number of nitrogens with zero attached hydrogens (tertiary/aromatic N) is 3. The standard InChI is InChI=1S/C20H18F2N4O3S2/c21-14-6-3-7-15(11-14)23-18(27)20-25-24-19(30-20)13-5-4-10-26(12-13)31(28,29)17-9-2-1-8-16(17)22/h1-3,6-9,11,13H,4-5,10,12H2,(H,23,27). The number of nitrogens with one attached hydrogen (secondary N) is 1. The Hall–Kier alpha value is -2.76. The van der Waals surface area contributed by atoms with Crippen LogP contribution >= 0.6 is 11.3 Å². The normalized spacial score (nSPS) is 17.4. The van der Waals surface area contributed by atoms with Crippen LogP contribution in [0.1, 0.15) is 33.6 Å². The fourth-order valence-corrected chi connectivity index (χ4v) is 5.85. The minimum Gasteiger partial charge on any atom is -0.320 e. The number of hydrogen-bond acceptors (Lipinski definition) is 6. The Labute approximate surface area is 181 Å². The third kappa shape index (κ3) is 4.63. The van der Waals surface area contributed by atoms with Crippen molar-refractivity contribution in [3.63, 3.8) is 0 Å². The summed E-state index contributed by atoms with van der Waals surface area (Å²) in [7, 11) is -3.99. The van der Waals surface area contributed by atoms with Gasteiger partial charge in [0.2, 0.25) is 15.0 Å². The molecule has 2 aromatic carbocycles. The highest BCUT2D eigenvalue weighted by atomic mass is 32.2. The molecule has 162 valence electrons. The van der Waals surface area contributed by atoms with Crippen LogP contribution in [0.5, 0.6) is 0 Å². The van der Waals surface area contributed by atoms with Gasteiger partial charge in [-0.2, -0.15) is 4.31 Å². The number of amides is 1. The second-order valence-electron chi connectivity index (χ2n) is 7.04. The fourth-order valence-electron chi connectivity index (χ4n) is 3.40. The molecule has 1 unspecified atom stereocenters. The van der Waals surface area contributed by atoms with E-state index in [0.29, 0.717) is 23.5 Å². The zero-order chi connectivity index (χ0) is 22.0. The predicted octanol–water partition coefficient (Wildman–Crippen LogP) is 3.64. The van der Waals surface area contributed by atoms with Crippen LogP contribution in [0.15, 0.2) is 53.4 Å². The number of carbonyl (C=O) groups excluding carboxylic acids is 1. The Balaban J connectivity index is 1.49. The van der Waals surface area contributed by atoms with Crippen molar-refractivity contribution < 1.29 is 22.0 Å². The molecule has 0 spiro atoms. The highest BCUT2D eigenvalue weighted by molar-refractivity contribution is 7.89. The summed E-state index contributed by atoms with van der Waals surface area (Å²) >= 11 is 1.06. The number of benzene rings is 2. The highest BCUT2D eigenvalue weighted by Gasteiger charge is 2.34. The first-order chi connectivity index (χ1) is 14.8. The molecular formula is C20H18F2N4O3S2. The van der Waals surface area contributed by atoms with E-state index >= 15 is 0 Å². The third-order valence-electron chi connectivity index (χ3n) is 4.91. The first kappa shape index (κ1) is 21.5. The van der Waals surface area contributed by atoms with Gasteiger partial charge in [0.15, 0.2) is 0 Å². The van der Waals surface area contributed by atoms with Gasteiger partial charge in [0.25, 0.3) is 5.91 Å². The Kier molecular flexibility index (Phi) is 6.08. The van der Waals surface area contributed by atoms with Crippen molar-refractivity contribution in [3.8, 4) is 0 Å². The van der Waals surface area contributed by atoms with Gasteiger partial charge in [-0.15, -0.1) is 10.2 Å². The van der Waals surface area contributed by atoms with Crippen molar-refractivity contribution in [3.05, 3.63) is 70.2 Å². The summed E-state index contributed by atoms with van der Waals surface area (Å²) in [6.45, 7) is 0.399. The van der Waals surface area contributed by atoms with Crippen LogP contribution in [0, 0.1) is 11.6 Å². The minimum atomic E-state index is -3.99. The molecule has 1 saturated heterocycles. The zero-order valence-corrected chi connectivity index (χ0v) is 17.8. The molecule has 31 heavy (non-hydrogen) atoms. The van der Waals surface area contributed by atoms with E-state index < -0.39 is 27.6 Å². The van der Waals surface area contributed by atoms with Crippen LogP contribution in [0.3, 0.4) is 0 Å². The molecule has 4 rings (SSSR count). The fraction of sp³-hybridized carbons (Fsp3) is 0.250.